The minimum atomic E-state index is -3.79. The maximum atomic E-state index is 13.9. The number of sulfonamides is 1. The summed E-state index contributed by atoms with van der Waals surface area (Å²) in [6.45, 7) is 7.30. The largest absolute Gasteiger partial charge is 0.481 e. The van der Waals surface area contributed by atoms with Crippen molar-refractivity contribution in [2.45, 2.75) is 69.9 Å². The zero-order valence-electron chi connectivity index (χ0n) is 23.5. The van der Waals surface area contributed by atoms with Gasteiger partial charge in [-0.05, 0) is 72.7 Å². The first-order valence-corrected chi connectivity index (χ1v) is 15.5. The van der Waals surface area contributed by atoms with Gasteiger partial charge in [-0.25, -0.2) is 13.4 Å². The van der Waals surface area contributed by atoms with Crippen molar-refractivity contribution in [2.75, 3.05) is 18.0 Å². The van der Waals surface area contributed by atoms with Gasteiger partial charge in [0.05, 0.1) is 6.42 Å². The van der Waals surface area contributed by atoms with Gasteiger partial charge in [-0.1, -0.05) is 25.1 Å². The summed E-state index contributed by atoms with van der Waals surface area (Å²) < 4.78 is 31.4. The number of aliphatic carboxylic acids is 1. The highest BCUT2D eigenvalue weighted by atomic mass is 32.2. The topological polar surface area (TPSA) is 121 Å². The summed E-state index contributed by atoms with van der Waals surface area (Å²) in [5.74, 6) is 0.0376. The number of hydrogen-bond donors (Lipinski definition) is 1. The molecule has 1 N–H and O–H groups in total. The number of carboxylic acid groups (broad SMARTS) is 1. The van der Waals surface area contributed by atoms with Crippen LogP contribution >= 0.6 is 0 Å². The SMILES string of the molecule is CCc1nnc2c(C)c([C@@H](CC(=O)O)c3ccc(C)c(CN4C[C@H]5CCCN5c5ncccc5S4(=O)=O)c3)ccn12. The van der Waals surface area contributed by atoms with Crippen LogP contribution in [0.2, 0.25) is 0 Å². The summed E-state index contributed by atoms with van der Waals surface area (Å²) in [6.07, 6.45) is 6.09. The van der Waals surface area contributed by atoms with E-state index in [9.17, 15) is 18.3 Å². The zero-order chi connectivity index (χ0) is 28.9. The van der Waals surface area contributed by atoms with Crippen LogP contribution in [0, 0.1) is 13.8 Å². The van der Waals surface area contributed by atoms with E-state index in [1.54, 1.807) is 22.6 Å². The van der Waals surface area contributed by atoms with Crippen molar-refractivity contribution in [2.24, 2.45) is 0 Å². The molecule has 4 aromatic rings. The first kappa shape index (κ1) is 27.3. The molecule has 0 spiro atoms. The molecule has 41 heavy (non-hydrogen) atoms. The van der Waals surface area contributed by atoms with E-state index in [-0.39, 0.29) is 23.9 Å². The third-order valence-corrected chi connectivity index (χ3v) is 10.4. The molecule has 10 nitrogen and oxygen atoms in total. The highest BCUT2D eigenvalue weighted by Gasteiger charge is 2.40. The van der Waals surface area contributed by atoms with E-state index < -0.39 is 21.9 Å². The van der Waals surface area contributed by atoms with Crippen molar-refractivity contribution in [3.05, 3.63) is 82.4 Å². The van der Waals surface area contributed by atoms with Crippen LogP contribution in [0.3, 0.4) is 0 Å². The van der Waals surface area contributed by atoms with Crippen LogP contribution in [0.15, 0.2) is 53.7 Å². The lowest BCUT2D eigenvalue weighted by Crippen LogP contribution is -2.39. The van der Waals surface area contributed by atoms with Crippen LogP contribution in [0.5, 0.6) is 0 Å². The molecule has 0 amide bonds. The van der Waals surface area contributed by atoms with Crippen LogP contribution in [0.25, 0.3) is 5.65 Å². The van der Waals surface area contributed by atoms with Crippen molar-refractivity contribution in [1.29, 1.82) is 0 Å². The van der Waals surface area contributed by atoms with Crippen molar-refractivity contribution in [3.63, 3.8) is 0 Å². The van der Waals surface area contributed by atoms with E-state index in [0.717, 1.165) is 59.4 Å². The second-order valence-electron chi connectivity index (χ2n) is 11.0. The third-order valence-electron chi connectivity index (χ3n) is 8.56. The maximum Gasteiger partial charge on any atom is 0.304 e. The van der Waals surface area contributed by atoms with Gasteiger partial charge in [-0.3, -0.25) is 9.20 Å². The molecule has 3 aromatic heterocycles. The Kier molecular flexibility index (Phi) is 7.03. The Labute approximate surface area is 239 Å². The molecule has 0 aliphatic carbocycles. The first-order chi connectivity index (χ1) is 19.7. The Balaban J connectivity index is 1.40. The van der Waals surface area contributed by atoms with Gasteiger partial charge in [0.15, 0.2) is 5.65 Å². The molecule has 1 saturated heterocycles. The number of carboxylic acids is 1. The van der Waals surface area contributed by atoms with Crippen molar-refractivity contribution < 1.29 is 18.3 Å². The summed E-state index contributed by atoms with van der Waals surface area (Å²) in [6, 6.07) is 11.2. The van der Waals surface area contributed by atoms with Crippen LogP contribution in [-0.2, 0) is 27.8 Å². The predicted molar refractivity (Wildman–Crippen MR) is 155 cm³/mol. The number of pyridine rings is 2. The van der Waals surface area contributed by atoms with E-state index in [4.69, 9.17) is 0 Å². The fraction of sp³-hybridized carbons (Fsp3) is 0.400. The summed E-state index contributed by atoms with van der Waals surface area (Å²) in [4.78, 5) is 18.9. The maximum absolute atomic E-state index is 13.9. The van der Waals surface area contributed by atoms with Crippen LogP contribution in [0.4, 0.5) is 5.82 Å². The molecule has 11 heteroatoms. The molecule has 2 aliphatic rings. The van der Waals surface area contributed by atoms with Gasteiger partial charge < -0.3 is 10.0 Å². The molecule has 2 aliphatic heterocycles. The highest BCUT2D eigenvalue weighted by Crippen LogP contribution is 2.37. The second-order valence-corrected chi connectivity index (χ2v) is 12.9. The van der Waals surface area contributed by atoms with Crippen LogP contribution in [-0.4, -0.2) is 62.5 Å². The number of rotatable bonds is 7. The monoisotopic (exact) mass is 574 g/mol. The highest BCUT2D eigenvalue weighted by molar-refractivity contribution is 7.89. The van der Waals surface area contributed by atoms with E-state index in [1.807, 2.05) is 55.6 Å². The number of aryl methyl sites for hydroxylation is 3. The number of benzene rings is 1. The minimum Gasteiger partial charge on any atom is -0.481 e. The summed E-state index contributed by atoms with van der Waals surface area (Å²) >= 11 is 0. The Morgan fingerprint density at radius 3 is 2.78 bits per heavy atom. The molecule has 1 fully saturated rings. The van der Waals surface area contributed by atoms with Gasteiger partial charge in [0.2, 0.25) is 10.0 Å². The van der Waals surface area contributed by atoms with Crippen molar-refractivity contribution in [3.8, 4) is 0 Å². The molecular weight excluding hydrogens is 540 g/mol. The Hall–Kier alpha value is -3.83. The van der Waals surface area contributed by atoms with Crippen molar-refractivity contribution >= 4 is 27.5 Å². The number of aromatic nitrogens is 4. The molecular formula is C30H34N6O4S. The Morgan fingerprint density at radius 1 is 1.17 bits per heavy atom. The lowest BCUT2D eigenvalue weighted by Gasteiger charge is -2.26. The standard InChI is InChI=1S/C30H34N6O4S/c1-4-27-32-33-29-20(3)24(11-14-36(27)29)25(16-28(37)38)21-10-9-19(2)22(15-21)17-34-18-23-7-6-13-35(23)30-26(41(34,39)40)8-5-12-31-30/h5,8-12,14-15,23,25H,4,6-7,13,16-18H2,1-3H3,(H,37,38)/t23-,25+/m1/s1. The number of carbonyl (C=O) groups is 1. The van der Waals surface area contributed by atoms with Gasteiger partial charge in [0, 0.05) is 50.4 Å². The van der Waals surface area contributed by atoms with Gasteiger partial charge in [-0.2, -0.15) is 4.31 Å². The molecule has 0 saturated carbocycles. The quantitative estimate of drug-likeness (QED) is 0.351. The average Bonchev–Trinajstić information content (AvgIpc) is 3.58. The van der Waals surface area contributed by atoms with Gasteiger partial charge in [0.1, 0.15) is 16.5 Å². The normalized spacial score (nSPS) is 19.1. The zero-order valence-corrected chi connectivity index (χ0v) is 24.3. The lowest BCUT2D eigenvalue weighted by molar-refractivity contribution is -0.137. The van der Waals surface area contributed by atoms with Crippen LogP contribution < -0.4 is 4.90 Å². The smallest absolute Gasteiger partial charge is 0.304 e. The van der Waals surface area contributed by atoms with Gasteiger partial charge in [-0.15, -0.1) is 10.2 Å². The average molecular weight is 575 g/mol. The molecule has 1 aromatic carbocycles. The van der Waals surface area contributed by atoms with E-state index in [0.29, 0.717) is 18.0 Å². The van der Waals surface area contributed by atoms with E-state index in [1.165, 1.54) is 0 Å². The molecule has 0 bridgehead atoms. The summed E-state index contributed by atoms with van der Waals surface area (Å²) in [7, 11) is -3.79. The Bertz CT molecular complexity index is 1750. The summed E-state index contributed by atoms with van der Waals surface area (Å²) in [5, 5.41) is 18.5. The number of fused-ring (bicyclic) bond motifs is 4. The van der Waals surface area contributed by atoms with Crippen molar-refractivity contribution in [1.82, 2.24) is 23.9 Å². The molecule has 5 heterocycles. The molecule has 0 unspecified atom stereocenters. The lowest BCUT2D eigenvalue weighted by atomic mass is 9.85. The minimum absolute atomic E-state index is 0.0646. The number of anilines is 1. The predicted octanol–water partition coefficient (Wildman–Crippen LogP) is 4.08. The number of hydrogen-bond acceptors (Lipinski definition) is 7. The molecule has 214 valence electrons. The molecule has 2 atom stereocenters. The van der Waals surface area contributed by atoms with E-state index >= 15 is 0 Å². The van der Waals surface area contributed by atoms with Gasteiger partial charge in [0.25, 0.3) is 0 Å². The fourth-order valence-electron chi connectivity index (χ4n) is 6.34. The number of nitrogens with zero attached hydrogens (tertiary/aromatic N) is 6. The molecule has 0 radical (unpaired) electrons. The Morgan fingerprint density at radius 2 is 2.00 bits per heavy atom. The third kappa shape index (κ3) is 4.76. The van der Waals surface area contributed by atoms with Gasteiger partial charge >= 0.3 is 5.97 Å². The molecule has 6 rings (SSSR count). The summed E-state index contributed by atoms with van der Waals surface area (Å²) in [5.41, 5.74) is 5.10. The first-order valence-electron chi connectivity index (χ1n) is 14.0. The second kappa shape index (κ2) is 10.5. The van der Waals surface area contributed by atoms with E-state index in [2.05, 4.69) is 20.1 Å². The fourth-order valence-corrected chi connectivity index (χ4v) is 7.95. The van der Waals surface area contributed by atoms with Crippen LogP contribution in [0.1, 0.15) is 65.7 Å².